The molecular weight excluding hydrogens is 310 g/mol. The summed E-state index contributed by atoms with van der Waals surface area (Å²) in [6.45, 7) is 0.586. The summed E-state index contributed by atoms with van der Waals surface area (Å²) >= 11 is 5.90. The van der Waals surface area contributed by atoms with Crippen LogP contribution >= 0.6 is 11.6 Å². The van der Waals surface area contributed by atoms with Crippen LogP contribution in [0.4, 0.5) is 5.82 Å². The molecule has 2 aromatic rings. The Morgan fingerprint density at radius 3 is 2.78 bits per heavy atom. The molecule has 1 heterocycles. The number of nitrogens with zero attached hydrogens (tertiary/aromatic N) is 2. The number of anilines is 1. The van der Waals surface area contributed by atoms with Crippen LogP contribution in [-0.2, 0) is 6.54 Å². The molecule has 1 aliphatic carbocycles. The molecule has 1 saturated carbocycles. The van der Waals surface area contributed by atoms with E-state index in [2.05, 4.69) is 10.3 Å². The summed E-state index contributed by atoms with van der Waals surface area (Å²) in [5, 5.41) is 12.6. The number of aromatic nitrogens is 1. The Kier molecular flexibility index (Phi) is 4.99. The molecule has 0 unspecified atom stereocenters. The van der Waals surface area contributed by atoms with Crippen molar-refractivity contribution in [3.63, 3.8) is 0 Å². The van der Waals surface area contributed by atoms with E-state index in [0.717, 1.165) is 24.2 Å². The summed E-state index contributed by atoms with van der Waals surface area (Å²) in [5.41, 5.74) is 1.31. The van der Waals surface area contributed by atoms with Gasteiger partial charge in [-0.3, -0.25) is 0 Å². The predicted octanol–water partition coefficient (Wildman–Crippen LogP) is 4.54. The Labute approximate surface area is 141 Å². The average Bonchev–Trinajstić information content (AvgIpc) is 3.08. The lowest BCUT2D eigenvalue weighted by Gasteiger charge is -2.17. The molecule has 0 spiro atoms. The smallest absolute Gasteiger partial charge is 0.161 e. The number of halogens is 1. The van der Waals surface area contributed by atoms with Crippen LogP contribution in [0.2, 0.25) is 5.02 Å². The molecule has 0 radical (unpaired) electrons. The summed E-state index contributed by atoms with van der Waals surface area (Å²) in [7, 11) is 0. The van der Waals surface area contributed by atoms with E-state index in [4.69, 9.17) is 21.6 Å². The maximum absolute atomic E-state index is 8.99. The third kappa shape index (κ3) is 3.94. The first-order valence-corrected chi connectivity index (χ1v) is 8.19. The zero-order valence-electron chi connectivity index (χ0n) is 12.8. The molecule has 1 aromatic heterocycles. The summed E-state index contributed by atoms with van der Waals surface area (Å²) in [5.74, 6) is 1.54. The number of nitrogens with one attached hydrogen (secondary N) is 1. The molecule has 3 rings (SSSR count). The standard InChI is InChI=1S/C18H18ClN3O/c19-15-9-10-18(22-16(15)11-20)21-12-13-5-1-4-8-17(13)23-14-6-2-3-7-14/h1,4-5,8-10,14H,2-3,6-7,12H2,(H,21,22). The fourth-order valence-corrected chi connectivity index (χ4v) is 2.90. The number of pyridine rings is 1. The zero-order valence-corrected chi connectivity index (χ0v) is 13.5. The van der Waals surface area contributed by atoms with Crippen molar-refractivity contribution in [3.8, 4) is 11.8 Å². The highest BCUT2D eigenvalue weighted by molar-refractivity contribution is 6.31. The maximum atomic E-state index is 8.99. The van der Waals surface area contributed by atoms with Crippen LogP contribution in [0.1, 0.15) is 36.9 Å². The SMILES string of the molecule is N#Cc1nc(NCc2ccccc2OC2CCCC2)ccc1Cl. The Morgan fingerprint density at radius 2 is 2.00 bits per heavy atom. The predicted molar refractivity (Wildman–Crippen MR) is 90.6 cm³/mol. The van der Waals surface area contributed by atoms with Crippen molar-refractivity contribution >= 4 is 17.4 Å². The minimum Gasteiger partial charge on any atom is -0.490 e. The Hall–Kier alpha value is -2.25. The molecule has 1 N–H and O–H groups in total. The Bertz CT molecular complexity index is 720. The molecule has 0 bridgehead atoms. The van der Waals surface area contributed by atoms with Gasteiger partial charge in [0.05, 0.1) is 11.1 Å². The summed E-state index contributed by atoms with van der Waals surface area (Å²) in [6, 6.07) is 13.5. The van der Waals surface area contributed by atoms with E-state index < -0.39 is 0 Å². The lowest BCUT2D eigenvalue weighted by atomic mass is 10.2. The molecule has 23 heavy (non-hydrogen) atoms. The first kappa shape index (κ1) is 15.6. The summed E-state index contributed by atoms with van der Waals surface area (Å²) in [4.78, 5) is 4.19. The number of benzene rings is 1. The second-order valence-electron chi connectivity index (χ2n) is 5.62. The van der Waals surface area contributed by atoms with Gasteiger partial charge in [0, 0.05) is 12.1 Å². The van der Waals surface area contributed by atoms with Gasteiger partial charge in [0.2, 0.25) is 0 Å². The van der Waals surface area contributed by atoms with E-state index in [1.807, 2.05) is 30.3 Å². The van der Waals surface area contributed by atoms with E-state index >= 15 is 0 Å². The highest BCUT2D eigenvalue weighted by Crippen LogP contribution is 2.27. The van der Waals surface area contributed by atoms with Crippen LogP contribution in [0.3, 0.4) is 0 Å². The molecule has 0 atom stereocenters. The number of rotatable bonds is 5. The number of hydrogen-bond donors (Lipinski definition) is 1. The highest BCUT2D eigenvalue weighted by Gasteiger charge is 2.17. The fraction of sp³-hybridized carbons (Fsp3) is 0.333. The van der Waals surface area contributed by atoms with Gasteiger partial charge in [-0.15, -0.1) is 0 Å². The molecule has 1 aliphatic rings. The first-order chi connectivity index (χ1) is 11.3. The normalized spacial score (nSPS) is 14.4. The lowest BCUT2D eigenvalue weighted by Crippen LogP contribution is -2.13. The van der Waals surface area contributed by atoms with E-state index in [1.165, 1.54) is 12.8 Å². The van der Waals surface area contributed by atoms with Gasteiger partial charge in [0.15, 0.2) is 5.69 Å². The van der Waals surface area contributed by atoms with Crippen molar-refractivity contribution in [3.05, 3.63) is 52.7 Å². The third-order valence-electron chi connectivity index (χ3n) is 3.98. The molecule has 118 valence electrons. The molecule has 4 nitrogen and oxygen atoms in total. The number of nitriles is 1. The Balaban J connectivity index is 1.69. The van der Waals surface area contributed by atoms with Crippen molar-refractivity contribution in [1.82, 2.24) is 4.98 Å². The van der Waals surface area contributed by atoms with Crippen LogP contribution in [0.25, 0.3) is 0 Å². The topological polar surface area (TPSA) is 57.9 Å². The average molecular weight is 328 g/mol. The molecular formula is C18H18ClN3O. The lowest BCUT2D eigenvalue weighted by molar-refractivity contribution is 0.208. The van der Waals surface area contributed by atoms with Crippen molar-refractivity contribution in [2.45, 2.75) is 38.3 Å². The van der Waals surface area contributed by atoms with Gasteiger partial charge in [0.25, 0.3) is 0 Å². The number of ether oxygens (including phenoxy) is 1. The zero-order chi connectivity index (χ0) is 16.1. The van der Waals surface area contributed by atoms with E-state index in [9.17, 15) is 0 Å². The molecule has 0 amide bonds. The number of hydrogen-bond acceptors (Lipinski definition) is 4. The van der Waals surface area contributed by atoms with Crippen LogP contribution in [0, 0.1) is 11.3 Å². The van der Waals surface area contributed by atoms with Crippen molar-refractivity contribution in [2.75, 3.05) is 5.32 Å². The van der Waals surface area contributed by atoms with Crippen molar-refractivity contribution in [1.29, 1.82) is 5.26 Å². The quantitative estimate of drug-likeness (QED) is 0.875. The van der Waals surface area contributed by atoms with Gasteiger partial charge in [0.1, 0.15) is 17.6 Å². The van der Waals surface area contributed by atoms with Gasteiger partial charge in [-0.05, 0) is 43.9 Å². The second-order valence-corrected chi connectivity index (χ2v) is 6.03. The van der Waals surface area contributed by atoms with Gasteiger partial charge in [-0.1, -0.05) is 29.8 Å². The highest BCUT2D eigenvalue weighted by atomic mass is 35.5. The van der Waals surface area contributed by atoms with Gasteiger partial charge >= 0.3 is 0 Å². The monoisotopic (exact) mass is 327 g/mol. The summed E-state index contributed by atoms with van der Waals surface area (Å²) in [6.07, 6.45) is 5.08. The van der Waals surface area contributed by atoms with Crippen LogP contribution in [0.15, 0.2) is 36.4 Å². The molecule has 0 aliphatic heterocycles. The fourth-order valence-electron chi connectivity index (χ4n) is 2.76. The molecule has 0 saturated heterocycles. The van der Waals surface area contributed by atoms with E-state index in [1.54, 1.807) is 12.1 Å². The number of para-hydroxylation sites is 1. The second kappa shape index (κ2) is 7.34. The minimum atomic E-state index is 0.229. The summed E-state index contributed by atoms with van der Waals surface area (Å²) < 4.78 is 6.13. The molecule has 1 fully saturated rings. The maximum Gasteiger partial charge on any atom is 0.161 e. The van der Waals surface area contributed by atoms with Crippen LogP contribution < -0.4 is 10.1 Å². The van der Waals surface area contributed by atoms with E-state index in [0.29, 0.717) is 23.5 Å². The van der Waals surface area contributed by atoms with Crippen LogP contribution in [0.5, 0.6) is 5.75 Å². The Morgan fingerprint density at radius 1 is 1.22 bits per heavy atom. The molecule has 5 heteroatoms. The minimum absolute atomic E-state index is 0.229. The van der Waals surface area contributed by atoms with Gasteiger partial charge in [-0.2, -0.15) is 5.26 Å². The van der Waals surface area contributed by atoms with Crippen molar-refractivity contribution < 1.29 is 4.74 Å². The van der Waals surface area contributed by atoms with Crippen molar-refractivity contribution in [2.24, 2.45) is 0 Å². The van der Waals surface area contributed by atoms with E-state index in [-0.39, 0.29) is 5.69 Å². The third-order valence-corrected chi connectivity index (χ3v) is 4.29. The van der Waals surface area contributed by atoms with Gasteiger partial charge < -0.3 is 10.1 Å². The van der Waals surface area contributed by atoms with Crippen LogP contribution in [-0.4, -0.2) is 11.1 Å². The largest absolute Gasteiger partial charge is 0.490 e. The molecule has 1 aromatic carbocycles. The first-order valence-electron chi connectivity index (χ1n) is 7.81. The van der Waals surface area contributed by atoms with Gasteiger partial charge in [-0.25, -0.2) is 4.98 Å².